The summed E-state index contributed by atoms with van der Waals surface area (Å²) in [6, 6.07) is 6.48. The van der Waals surface area contributed by atoms with Crippen LogP contribution in [0.5, 0.6) is 0 Å². The maximum Gasteiger partial charge on any atom is 0.328 e. The van der Waals surface area contributed by atoms with Gasteiger partial charge in [-0.05, 0) is 48.1 Å². The summed E-state index contributed by atoms with van der Waals surface area (Å²) >= 11 is 0. The van der Waals surface area contributed by atoms with Gasteiger partial charge in [0.05, 0.1) is 4.90 Å². The van der Waals surface area contributed by atoms with Crippen molar-refractivity contribution in [1.29, 1.82) is 0 Å². The lowest BCUT2D eigenvalue weighted by atomic mass is 9.69. The van der Waals surface area contributed by atoms with Gasteiger partial charge < -0.3 is 10.1 Å². The number of amides is 1. The molecule has 2 bridgehead atoms. The van der Waals surface area contributed by atoms with Gasteiger partial charge in [0.1, 0.15) is 12.4 Å². The topological polar surface area (TPSA) is 114 Å². The van der Waals surface area contributed by atoms with E-state index in [0.29, 0.717) is 11.5 Å². The number of carbonyl (C=O) groups is 2. The van der Waals surface area contributed by atoms with Crippen LogP contribution in [0.4, 0.5) is 0 Å². The van der Waals surface area contributed by atoms with Crippen molar-refractivity contribution in [2.24, 2.45) is 21.7 Å². The van der Waals surface area contributed by atoms with Gasteiger partial charge in [-0.15, -0.1) is 0 Å². The van der Waals surface area contributed by atoms with E-state index in [2.05, 4.69) is 35.8 Å². The molecule has 30 heavy (non-hydrogen) atoms. The highest BCUT2D eigenvalue weighted by molar-refractivity contribution is 7.90. The molecule has 2 N–H and O–H groups in total. The summed E-state index contributed by atoms with van der Waals surface area (Å²) in [6.07, 6.45) is 3.23. The number of aliphatic imine (C=N–C) groups is 1. The molecule has 3 atom stereocenters. The van der Waals surface area contributed by atoms with Crippen molar-refractivity contribution >= 4 is 27.7 Å². The van der Waals surface area contributed by atoms with E-state index in [4.69, 9.17) is 4.74 Å². The standard InChI is InChI=1S/C21H27N3O5S/c1-20(2)13-8-9-21(20,3)16(10-13)23-17(25)12-29-18(26)11-22-19-14-6-4-5-7-15(14)30(27,28)24-19/h4-7,13,16H,8-12H2,1-3H3,(H,22,24)(H,23,25). The molecule has 2 aliphatic carbocycles. The van der Waals surface area contributed by atoms with Crippen LogP contribution < -0.4 is 10.0 Å². The summed E-state index contributed by atoms with van der Waals surface area (Å²) in [7, 11) is -3.66. The Morgan fingerprint density at radius 3 is 2.67 bits per heavy atom. The van der Waals surface area contributed by atoms with Crippen molar-refractivity contribution in [3.8, 4) is 0 Å². The van der Waals surface area contributed by atoms with Crippen LogP contribution in [0.2, 0.25) is 0 Å². The van der Waals surface area contributed by atoms with Crippen LogP contribution in [0.1, 0.15) is 45.6 Å². The van der Waals surface area contributed by atoms with Crippen molar-refractivity contribution in [1.82, 2.24) is 10.0 Å². The molecule has 1 heterocycles. The Morgan fingerprint density at radius 1 is 1.27 bits per heavy atom. The average Bonchev–Trinajstić information content (AvgIpc) is 3.16. The Balaban J connectivity index is 1.30. The Morgan fingerprint density at radius 2 is 2.00 bits per heavy atom. The van der Waals surface area contributed by atoms with Gasteiger partial charge in [-0.25, -0.2) is 8.42 Å². The number of amidine groups is 1. The number of nitrogens with zero attached hydrogens (tertiary/aromatic N) is 1. The number of esters is 1. The minimum atomic E-state index is -3.66. The lowest BCUT2D eigenvalue weighted by Crippen LogP contribution is -2.48. The molecule has 1 aromatic carbocycles. The maximum atomic E-state index is 12.3. The normalized spacial score (nSPS) is 31.2. The number of ether oxygens (including phenoxy) is 1. The first-order valence-corrected chi connectivity index (χ1v) is 11.6. The molecular formula is C21H27N3O5S. The van der Waals surface area contributed by atoms with Crippen LogP contribution in [0, 0.1) is 16.7 Å². The van der Waals surface area contributed by atoms with E-state index in [9.17, 15) is 18.0 Å². The number of sulfonamides is 1. The highest BCUT2D eigenvalue weighted by Gasteiger charge is 2.61. The molecule has 162 valence electrons. The Labute approximate surface area is 176 Å². The molecule has 1 aromatic rings. The van der Waals surface area contributed by atoms with Crippen LogP contribution in [0.25, 0.3) is 0 Å². The zero-order chi connectivity index (χ0) is 21.7. The third-order valence-electron chi connectivity index (χ3n) is 7.52. The molecule has 3 unspecified atom stereocenters. The van der Waals surface area contributed by atoms with Gasteiger partial charge in [-0.3, -0.25) is 19.3 Å². The molecule has 3 aliphatic rings. The SMILES string of the molecule is CC1(C)C2CCC1(C)C(NC(=O)COC(=O)CN=C1NS(=O)(=O)c3ccccc31)C2. The quantitative estimate of drug-likeness (QED) is 0.685. The fourth-order valence-corrected chi connectivity index (χ4v) is 6.50. The Kier molecular flexibility index (Phi) is 4.91. The summed E-state index contributed by atoms with van der Waals surface area (Å²) in [5.74, 6) is -0.313. The lowest BCUT2D eigenvalue weighted by molar-refractivity contribution is -0.147. The van der Waals surface area contributed by atoms with E-state index in [1.807, 2.05) is 0 Å². The number of benzene rings is 1. The molecule has 4 rings (SSSR count). The van der Waals surface area contributed by atoms with E-state index >= 15 is 0 Å². The fraction of sp³-hybridized carbons (Fsp3) is 0.571. The molecule has 2 fully saturated rings. The van der Waals surface area contributed by atoms with E-state index < -0.39 is 16.0 Å². The van der Waals surface area contributed by atoms with Crippen LogP contribution in [0.3, 0.4) is 0 Å². The fourth-order valence-electron chi connectivity index (χ4n) is 5.24. The predicted octanol–water partition coefficient (Wildman–Crippen LogP) is 1.60. The maximum absolute atomic E-state index is 12.3. The smallest absolute Gasteiger partial charge is 0.328 e. The zero-order valence-electron chi connectivity index (χ0n) is 17.4. The van der Waals surface area contributed by atoms with E-state index in [1.165, 1.54) is 12.5 Å². The first kappa shape index (κ1) is 20.8. The molecule has 0 aromatic heterocycles. The van der Waals surface area contributed by atoms with Gasteiger partial charge in [0.15, 0.2) is 6.61 Å². The van der Waals surface area contributed by atoms with Crippen LogP contribution in [-0.2, 0) is 24.3 Å². The van der Waals surface area contributed by atoms with E-state index in [-0.39, 0.29) is 46.7 Å². The van der Waals surface area contributed by atoms with Crippen molar-refractivity contribution in [3.05, 3.63) is 29.8 Å². The number of carbonyl (C=O) groups excluding carboxylic acids is 2. The summed E-state index contributed by atoms with van der Waals surface area (Å²) in [5, 5.41) is 3.04. The second kappa shape index (κ2) is 7.08. The summed E-state index contributed by atoms with van der Waals surface area (Å²) in [6.45, 7) is 6.02. The van der Waals surface area contributed by atoms with E-state index in [1.54, 1.807) is 18.2 Å². The van der Waals surface area contributed by atoms with E-state index in [0.717, 1.165) is 12.8 Å². The molecule has 2 saturated carbocycles. The monoisotopic (exact) mass is 433 g/mol. The molecule has 9 heteroatoms. The van der Waals surface area contributed by atoms with Gasteiger partial charge >= 0.3 is 5.97 Å². The first-order valence-electron chi connectivity index (χ1n) is 10.2. The number of fused-ring (bicyclic) bond motifs is 3. The second-order valence-corrected chi connectivity index (χ2v) is 10.8. The molecule has 0 saturated heterocycles. The number of nitrogens with one attached hydrogen (secondary N) is 2. The number of hydrogen-bond donors (Lipinski definition) is 2. The van der Waals surface area contributed by atoms with Crippen molar-refractivity contribution in [2.45, 2.75) is 51.0 Å². The molecular weight excluding hydrogens is 406 g/mol. The van der Waals surface area contributed by atoms with Crippen molar-refractivity contribution in [2.75, 3.05) is 13.2 Å². The summed E-state index contributed by atoms with van der Waals surface area (Å²) in [5.41, 5.74) is 0.647. The van der Waals surface area contributed by atoms with Gasteiger partial charge in [0, 0.05) is 11.6 Å². The molecule has 1 amide bonds. The van der Waals surface area contributed by atoms with Gasteiger partial charge in [-0.2, -0.15) is 0 Å². The van der Waals surface area contributed by atoms with Gasteiger partial charge in [0.25, 0.3) is 15.9 Å². The minimum Gasteiger partial charge on any atom is -0.454 e. The average molecular weight is 434 g/mol. The molecule has 0 radical (unpaired) electrons. The van der Waals surface area contributed by atoms with Crippen molar-refractivity contribution in [3.63, 3.8) is 0 Å². The minimum absolute atomic E-state index is 0.0519. The highest BCUT2D eigenvalue weighted by Crippen LogP contribution is 2.65. The summed E-state index contributed by atoms with van der Waals surface area (Å²) in [4.78, 5) is 28.5. The lowest BCUT2D eigenvalue weighted by Gasteiger charge is -2.39. The molecule has 0 spiro atoms. The number of hydrogen-bond acceptors (Lipinski definition) is 6. The second-order valence-electron chi connectivity index (χ2n) is 9.16. The Bertz CT molecular complexity index is 1030. The zero-order valence-corrected chi connectivity index (χ0v) is 18.2. The first-order chi connectivity index (χ1) is 14.0. The number of rotatable bonds is 5. The highest BCUT2D eigenvalue weighted by atomic mass is 32.2. The molecule has 1 aliphatic heterocycles. The predicted molar refractivity (Wildman–Crippen MR) is 110 cm³/mol. The van der Waals surface area contributed by atoms with Crippen LogP contribution >= 0.6 is 0 Å². The van der Waals surface area contributed by atoms with Crippen LogP contribution in [-0.4, -0.2) is 45.3 Å². The van der Waals surface area contributed by atoms with Gasteiger partial charge in [-0.1, -0.05) is 32.9 Å². The van der Waals surface area contributed by atoms with Crippen LogP contribution in [0.15, 0.2) is 34.2 Å². The molecule has 8 nitrogen and oxygen atoms in total. The van der Waals surface area contributed by atoms with Gasteiger partial charge in [0.2, 0.25) is 0 Å². The third-order valence-corrected chi connectivity index (χ3v) is 8.92. The third kappa shape index (κ3) is 3.29. The summed E-state index contributed by atoms with van der Waals surface area (Å²) < 4.78 is 31.5. The van der Waals surface area contributed by atoms with Crippen molar-refractivity contribution < 1.29 is 22.7 Å². The largest absolute Gasteiger partial charge is 0.454 e. The Hall–Kier alpha value is -2.42.